The van der Waals surface area contributed by atoms with Crippen molar-refractivity contribution in [3.63, 3.8) is 0 Å². The highest BCUT2D eigenvalue weighted by atomic mass is 127. The summed E-state index contributed by atoms with van der Waals surface area (Å²) < 4.78 is 54.1. The highest BCUT2D eigenvalue weighted by Gasteiger charge is 2.26. The largest absolute Gasteiger partial charge is 0.502 e. The van der Waals surface area contributed by atoms with Gasteiger partial charge in [0, 0.05) is 28.6 Å². The van der Waals surface area contributed by atoms with E-state index in [-0.39, 0.29) is 34.5 Å². The molecule has 4 aromatic carbocycles. The number of aromatic hydroxyl groups is 1. The number of carbonyl (C=O) groups excluding carboxylic acids is 3. The fourth-order valence-electron chi connectivity index (χ4n) is 3.58. The van der Waals surface area contributed by atoms with Crippen molar-refractivity contribution in [2.75, 3.05) is 0 Å². The average Bonchev–Trinajstić information content (AvgIpc) is 2.93. The van der Waals surface area contributed by atoms with E-state index in [1.54, 1.807) is 57.3 Å². The summed E-state index contributed by atoms with van der Waals surface area (Å²) in [5.74, 6) is -4.45. The number of phenolic OH excluding ortho intramolecular Hbond substituents is 1. The number of esters is 3. The standard InChI is InChI=1S/C27H10I8O10S/c28-10-3-13(21(34)15(30)5-10)26(38)44-19-1-9(25(37)43-12-7-17(32)24(18(33)8-12)46(40,41)42)2-20(23(19)36)45-27(39)14-4-11(29)6-16(31)22(14)35/h1-8,36H,(H,40,41,42). The molecule has 0 heterocycles. The Morgan fingerprint density at radius 3 is 1.37 bits per heavy atom. The zero-order chi connectivity index (χ0) is 34.2. The Hall–Kier alpha value is 0.840. The van der Waals surface area contributed by atoms with Crippen LogP contribution in [0.15, 0.2) is 53.4 Å². The number of carbonyl (C=O) groups is 3. The fourth-order valence-corrected chi connectivity index (χ4v) is 12.3. The molecule has 0 aliphatic rings. The summed E-state index contributed by atoms with van der Waals surface area (Å²) in [6.07, 6.45) is 0. The van der Waals surface area contributed by atoms with Crippen LogP contribution < -0.4 is 14.2 Å². The third kappa shape index (κ3) is 9.58. The lowest BCUT2D eigenvalue weighted by Crippen LogP contribution is -2.16. The van der Waals surface area contributed by atoms with Gasteiger partial charge in [-0.3, -0.25) is 4.55 Å². The molecular formula is C27H10I8O10S. The van der Waals surface area contributed by atoms with Gasteiger partial charge in [0.05, 0.1) is 16.7 Å². The van der Waals surface area contributed by atoms with Gasteiger partial charge in [-0.2, -0.15) is 8.42 Å². The molecule has 0 saturated carbocycles. The topological polar surface area (TPSA) is 154 Å². The SMILES string of the molecule is O=C(Oc1cc(I)c(S(=O)(=O)O)c(I)c1)c1cc(OC(=O)c2cc(I)cc(I)c2I)c(O)c(OC(=O)c2cc(I)cc(I)c2I)c1. The summed E-state index contributed by atoms with van der Waals surface area (Å²) >= 11 is 15.6. The molecule has 4 aromatic rings. The first-order valence-electron chi connectivity index (χ1n) is 11.7. The van der Waals surface area contributed by atoms with Crippen molar-refractivity contribution < 1.29 is 46.7 Å². The van der Waals surface area contributed by atoms with Crippen molar-refractivity contribution in [3.8, 4) is 23.0 Å². The molecule has 10 nitrogen and oxygen atoms in total. The molecule has 0 aliphatic carbocycles. The Labute approximate surface area is 370 Å². The van der Waals surface area contributed by atoms with Crippen LogP contribution in [0.2, 0.25) is 0 Å². The molecule has 0 aliphatic heterocycles. The van der Waals surface area contributed by atoms with Gasteiger partial charge in [-0.15, -0.1) is 0 Å². The molecule has 4 rings (SSSR count). The average molecular weight is 1540 g/mol. The second kappa shape index (κ2) is 16.5. The fraction of sp³-hybridized carbons (Fsp3) is 0. The Balaban J connectivity index is 1.78. The van der Waals surface area contributed by atoms with E-state index >= 15 is 0 Å². The van der Waals surface area contributed by atoms with E-state index in [4.69, 9.17) is 14.2 Å². The third-order valence-corrected chi connectivity index (χ3v) is 16.3. The van der Waals surface area contributed by atoms with Gasteiger partial charge in [-0.25, -0.2) is 14.4 Å². The van der Waals surface area contributed by atoms with Gasteiger partial charge in [0.15, 0.2) is 11.5 Å². The third-order valence-electron chi connectivity index (χ3n) is 5.55. The zero-order valence-electron chi connectivity index (χ0n) is 21.7. The summed E-state index contributed by atoms with van der Waals surface area (Å²) in [5.41, 5.74) is 0.133. The molecule has 19 heteroatoms. The lowest BCUT2D eigenvalue weighted by Gasteiger charge is -2.15. The molecule has 0 amide bonds. The molecule has 240 valence electrons. The molecule has 0 bridgehead atoms. The highest BCUT2D eigenvalue weighted by Crippen LogP contribution is 2.40. The number of benzene rings is 4. The van der Waals surface area contributed by atoms with Crippen LogP contribution in [0.5, 0.6) is 23.0 Å². The van der Waals surface area contributed by atoms with Crippen LogP contribution in [0.3, 0.4) is 0 Å². The summed E-state index contributed by atoms with van der Waals surface area (Å²) in [6, 6.07) is 11.5. The maximum absolute atomic E-state index is 13.4. The first-order valence-corrected chi connectivity index (χ1v) is 21.7. The van der Waals surface area contributed by atoms with Gasteiger partial charge >= 0.3 is 17.9 Å². The minimum absolute atomic E-state index is 0.0673. The first-order chi connectivity index (χ1) is 21.4. The molecule has 0 spiro atoms. The Morgan fingerprint density at radius 1 is 0.565 bits per heavy atom. The van der Waals surface area contributed by atoms with Gasteiger partial charge < -0.3 is 19.3 Å². The summed E-state index contributed by atoms with van der Waals surface area (Å²) in [6.45, 7) is 0. The van der Waals surface area contributed by atoms with Crippen molar-refractivity contribution in [2.24, 2.45) is 0 Å². The molecule has 0 atom stereocenters. The van der Waals surface area contributed by atoms with Crippen LogP contribution in [0.25, 0.3) is 0 Å². The maximum Gasteiger partial charge on any atom is 0.344 e. The van der Waals surface area contributed by atoms with Crippen LogP contribution in [-0.4, -0.2) is 36.0 Å². The van der Waals surface area contributed by atoms with Crippen molar-refractivity contribution in [3.05, 3.63) is 93.8 Å². The van der Waals surface area contributed by atoms with E-state index in [9.17, 15) is 32.5 Å². The number of halogens is 8. The van der Waals surface area contributed by atoms with Crippen LogP contribution in [0.4, 0.5) is 0 Å². The highest BCUT2D eigenvalue weighted by molar-refractivity contribution is 14.1. The van der Waals surface area contributed by atoms with Crippen LogP contribution in [0, 0.1) is 28.6 Å². The molecule has 0 fully saturated rings. The van der Waals surface area contributed by atoms with E-state index in [2.05, 4.69) is 90.4 Å². The molecule has 2 N–H and O–H groups in total. The quantitative estimate of drug-likeness (QED) is 0.0603. The van der Waals surface area contributed by atoms with Gasteiger partial charge in [0.25, 0.3) is 10.1 Å². The van der Waals surface area contributed by atoms with E-state index in [0.29, 0.717) is 7.14 Å². The number of phenols is 1. The molecule has 0 aromatic heterocycles. The molecule has 46 heavy (non-hydrogen) atoms. The van der Waals surface area contributed by atoms with Crippen LogP contribution in [0.1, 0.15) is 31.1 Å². The van der Waals surface area contributed by atoms with Crippen LogP contribution >= 0.6 is 181 Å². The normalized spacial score (nSPS) is 11.2. The number of hydrogen-bond acceptors (Lipinski definition) is 9. The monoisotopic (exact) mass is 1540 g/mol. The number of rotatable bonds is 7. The van der Waals surface area contributed by atoms with Crippen molar-refractivity contribution in [2.45, 2.75) is 4.90 Å². The first kappa shape index (κ1) is 39.6. The van der Waals surface area contributed by atoms with E-state index < -0.39 is 45.3 Å². The molecular weight excluding hydrogens is 1530 g/mol. The summed E-state index contributed by atoms with van der Waals surface area (Å²) in [7, 11) is -4.55. The summed E-state index contributed by atoms with van der Waals surface area (Å²) in [4.78, 5) is 39.6. The van der Waals surface area contributed by atoms with E-state index in [1.165, 1.54) is 12.1 Å². The second-order valence-electron chi connectivity index (χ2n) is 8.68. The minimum Gasteiger partial charge on any atom is -0.502 e. The zero-order valence-corrected chi connectivity index (χ0v) is 39.8. The minimum atomic E-state index is -4.55. The predicted molar refractivity (Wildman–Crippen MR) is 234 cm³/mol. The number of ether oxygens (including phenoxy) is 3. The maximum atomic E-state index is 13.4. The lowest BCUT2D eigenvalue weighted by molar-refractivity contribution is 0.0697. The van der Waals surface area contributed by atoms with Gasteiger partial charge in [-0.1, -0.05) is 0 Å². The van der Waals surface area contributed by atoms with E-state index in [1.807, 2.05) is 57.3 Å². The smallest absolute Gasteiger partial charge is 0.344 e. The van der Waals surface area contributed by atoms with Crippen molar-refractivity contribution in [1.82, 2.24) is 0 Å². The van der Waals surface area contributed by atoms with E-state index in [0.717, 1.165) is 26.4 Å². The predicted octanol–water partition coefficient (Wildman–Crippen LogP) is 9.13. The van der Waals surface area contributed by atoms with Crippen molar-refractivity contribution in [1.29, 1.82) is 0 Å². The van der Waals surface area contributed by atoms with Gasteiger partial charge in [0.2, 0.25) is 5.75 Å². The van der Waals surface area contributed by atoms with Crippen molar-refractivity contribution >= 4 is 209 Å². The Morgan fingerprint density at radius 2 is 0.978 bits per heavy atom. The summed E-state index contributed by atoms with van der Waals surface area (Å²) in [5, 5.41) is 11.1. The van der Waals surface area contributed by atoms with Gasteiger partial charge in [-0.05, 0) is 229 Å². The second-order valence-corrected chi connectivity index (χ2v) is 19.3. The lowest BCUT2D eigenvalue weighted by atomic mass is 10.1. The molecule has 0 saturated heterocycles. The Kier molecular flexibility index (Phi) is 14.2. The van der Waals surface area contributed by atoms with Crippen LogP contribution in [-0.2, 0) is 10.1 Å². The molecule has 0 radical (unpaired) electrons. The van der Waals surface area contributed by atoms with Gasteiger partial charge in [0.1, 0.15) is 10.6 Å². The number of hydrogen-bond donors (Lipinski definition) is 2. The molecule has 0 unspecified atom stereocenters. The Bertz CT molecular complexity index is 1950.